The van der Waals surface area contributed by atoms with Gasteiger partial charge in [0.25, 0.3) is 5.91 Å². The number of carbonyl (C=O) groups excluding carboxylic acids is 2. The first kappa shape index (κ1) is 14.9. The van der Waals surface area contributed by atoms with Crippen molar-refractivity contribution in [1.29, 1.82) is 0 Å². The summed E-state index contributed by atoms with van der Waals surface area (Å²) in [5, 5.41) is 0. The molecular weight excluding hydrogens is 302 g/mol. The molecule has 2 aliphatic rings. The molecule has 1 saturated carbocycles. The van der Waals surface area contributed by atoms with Crippen LogP contribution in [0.3, 0.4) is 0 Å². The van der Waals surface area contributed by atoms with E-state index in [1.807, 2.05) is 35.2 Å². The molecule has 0 N–H and O–H groups in total. The van der Waals surface area contributed by atoms with Gasteiger partial charge in [0.1, 0.15) is 12.0 Å². The smallest absolute Gasteiger partial charge is 0.254 e. The maximum atomic E-state index is 12.8. The summed E-state index contributed by atoms with van der Waals surface area (Å²) in [7, 11) is 1.64. The first-order valence-corrected chi connectivity index (χ1v) is 8.24. The highest BCUT2D eigenvalue weighted by atomic mass is 16.5. The molecule has 1 amide bonds. The normalized spacial score (nSPS) is 16.2. The minimum absolute atomic E-state index is 0.0198. The van der Waals surface area contributed by atoms with Crippen molar-refractivity contribution < 1.29 is 14.3 Å². The second-order valence-corrected chi connectivity index (χ2v) is 6.54. The van der Waals surface area contributed by atoms with E-state index in [9.17, 15) is 9.59 Å². The van der Waals surface area contributed by atoms with Crippen LogP contribution >= 0.6 is 0 Å². The molecule has 4 heteroatoms. The molecule has 122 valence electrons. The maximum absolute atomic E-state index is 12.8. The maximum Gasteiger partial charge on any atom is 0.254 e. The Morgan fingerprint density at radius 3 is 2.58 bits per heavy atom. The number of benzene rings is 2. The average molecular weight is 321 g/mol. The Balaban J connectivity index is 1.62. The van der Waals surface area contributed by atoms with Crippen LogP contribution in [0, 0.1) is 0 Å². The van der Waals surface area contributed by atoms with Gasteiger partial charge in [-0.25, -0.2) is 0 Å². The molecule has 2 aromatic rings. The fourth-order valence-electron chi connectivity index (χ4n) is 3.42. The molecule has 1 aliphatic carbocycles. The predicted octanol–water partition coefficient (Wildman–Crippen LogP) is 3.54. The van der Waals surface area contributed by atoms with Crippen molar-refractivity contribution in [3.8, 4) is 5.75 Å². The van der Waals surface area contributed by atoms with Gasteiger partial charge in [0, 0.05) is 24.2 Å². The van der Waals surface area contributed by atoms with Crippen LogP contribution in [0.5, 0.6) is 5.75 Å². The molecular formula is C20H19NO3. The van der Waals surface area contributed by atoms with E-state index in [4.69, 9.17) is 4.74 Å². The Morgan fingerprint density at radius 2 is 1.96 bits per heavy atom. The molecule has 24 heavy (non-hydrogen) atoms. The largest absolute Gasteiger partial charge is 0.497 e. The van der Waals surface area contributed by atoms with Gasteiger partial charge in [-0.3, -0.25) is 9.59 Å². The third kappa shape index (κ3) is 2.58. The number of fused-ring (bicyclic) bond motifs is 1. The molecule has 4 rings (SSSR count). The molecule has 0 aromatic heterocycles. The number of carbonyl (C=O) groups is 2. The lowest BCUT2D eigenvalue weighted by Crippen LogP contribution is -2.23. The van der Waals surface area contributed by atoms with E-state index < -0.39 is 0 Å². The van der Waals surface area contributed by atoms with Crippen molar-refractivity contribution in [3.05, 3.63) is 64.2 Å². The topological polar surface area (TPSA) is 46.6 Å². The Hall–Kier alpha value is -2.62. The molecule has 0 spiro atoms. The number of nitrogens with zero attached hydrogens (tertiary/aromatic N) is 1. The highest BCUT2D eigenvalue weighted by Gasteiger charge is 2.35. The molecule has 0 saturated heterocycles. The summed E-state index contributed by atoms with van der Waals surface area (Å²) < 4.78 is 5.17. The SMILES string of the molecule is COc1ccc(CN2Cc3c(cc(C=O)cc3C3CC3)C2=O)cc1. The summed E-state index contributed by atoms with van der Waals surface area (Å²) in [6.07, 6.45) is 3.15. The molecule has 4 nitrogen and oxygen atoms in total. The fraction of sp³-hybridized carbons (Fsp3) is 0.300. The van der Waals surface area contributed by atoms with Crippen molar-refractivity contribution >= 4 is 12.2 Å². The lowest BCUT2D eigenvalue weighted by molar-refractivity contribution is 0.0766. The van der Waals surface area contributed by atoms with E-state index in [1.165, 1.54) is 5.56 Å². The van der Waals surface area contributed by atoms with Crippen LogP contribution in [0.2, 0.25) is 0 Å². The minimum atomic E-state index is 0.0198. The van der Waals surface area contributed by atoms with Crippen LogP contribution in [0.15, 0.2) is 36.4 Å². The zero-order valence-corrected chi connectivity index (χ0v) is 13.6. The van der Waals surface area contributed by atoms with E-state index in [1.54, 1.807) is 13.2 Å². The van der Waals surface area contributed by atoms with Gasteiger partial charge >= 0.3 is 0 Å². The van der Waals surface area contributed by atoms with E-state index in [2.05, 4.69) is 0 Å². The van der Waals surface area contributed by atoms with Crippen LogP contribution in [0.4, 0.5) is 0 Å². The molecule has 1 fully saturated rings. The van der Waals surface area contributed by atoms with E-state index in [0.29, 0.717) is 30.1 Å². The zero-order valence-electron chi connectivity index (χ0n) is 13.6. The third-order valence-corrected chi connectivity index (χ3v) is 4.86. The summed E-state index contributed by atoms with van der Waals surface area (Å²) in [5.74, 6) is 1.35. The number of ether oxygens (including phenoxy) is 1. The van der Waals surface area contributed by atoms with E-state index in [-0.39, 0.29) is 5.91 Å². The van der Waals surface area contributed by atoms with E-state index in [0.717, 1.165) is 36.0 Å². The summed E-state index contributed by atoms with van der Waals surface area (Å²) in [5.41, 5.74) is 4.69. The van der Waals surface area contributed by atoms with Gasteiger partial charge in [-0.2, -0.15) is 0 Å². The number of hydrogen-bond donors (Lipinski definition) is 0. The van der Waals surface area contributed by atoms with Gasteiger partial charge in [-0.1, -0.05) is 12.1 Å². The molecule has 0 radical (unpaired) electrons. The van der Waals surface area contributed by atoms with Gasteiger partial charge in [0.2, 0.25) is 0 Å². The molecule has 2 aromatic carbocycles. The summed E-state index contributed by atoms with van der Waals surface area (Å²) in [4.78, 5) is 25.8. The summed E-state index contributed by atoms with van der Waals surface area (Å²) in [6.45, 7) is 1.20. The molecule has 0 bridgehead atoms. The van der Waals surface area contributed by atoms with Gasteiger partial charge in [0.05, 0.1) is 7.11 Å². The van der Waals surface area contributed by atoms with Crippen LogP contribution in [0.25, 0.3) is 0 Å². The second kappa shape index (κ2) is 5.78. The quantitative estimate of drug-likeness (QED) is 0.791. The Kier molecular flexibility index (Phi) is 3.60. The number of methoxy groups -OCH3 is 1. The molecule has 1 aliphatic heterocycles. The zero-order chi connectivity index (χ0) is 16.7. The molecule has 0 unspecified atom stereocenters. The Morgan fingerprint density at radius 1 is 1.21 bits per heavy atom. The van der Waals surface area contributed by atoms with E-state index >= 15 is 0 Å². The van der Waals surface area contributed by atoms with Crippen molar-refractivity contribution in [1.82, 2.24) is 4.90 Å². The first-order valence-electron chi connectivity index (χ1n) is 8.24. The van der Waals surface area contributed by atoms with Crippen molar-refractivity contribution in [2.45, 2.75) is 31.8 Å². The predicted molar refractivity (Wildman–Crippen MR) is 90.4 cm³/mol. The van der Waals surface area contributed by atoms with Crippen LogP contribution in [-0.2, 0) is 13.1 Å². The lowest BCUT2D eigenvalue weighted by Gasteiger charge is -2.16. The first-order chi connectivity index (χ1) is 11.7. The van der Waals surface area contributed by atoms with Gasteiger partial charge in [-0.05, 0) is 59.7 Å². The monoisotopic (exact) mass is 321 g/mol. The van der Waals surface area contributed by atoms with Crippen molar-refractivity contribution in [2.24, 2.45) is 0 Å². The number of hydrogen-bond acceptors (Lipinski definition) is 3. The Labute approximate surface area is 141 Å². The van der Waals surface area contributed by atoms with Gasteiger partial charge < -0.3 is 9.64 Å². The van der Waals surface area contributed by atoms with Gasteiger partial charge in [0.15, 0.2) is 0 Å². The number of rotatable bonds is 5. The van der Waals surface area contributed by atoms with Gasteiger partial charge in [-0.15, -0.1) is 0 Å². The third-order valence-electron chi connectivity index (χ3n) is 4.86. The van der Waals surface area contributed by atoms with Crippen LogP contribution in [-0.4, -0.2) is 24.2 Å². The number of aldehydes is 1. The number of amides is 1. The van der Waals surface area contributed by atoms with Crippen molar-refractivity contribution in [2.75, 3.05) is 7.11 Å². The summed E-state index contributed by atoms with van der Waals surface area (Å²) in [6, 6.07) is 11.5. The lowest BCUT2D eigenvalue weighted by atomic mass is 9.97. The average Bonchev–Trinajstić information content (AvgIpc) is 3.41. The minimum Gasteiger partial charge on any atom is -0.497 e. The molecule has 1 heterocycles. The Bertz CT molecular complexity index is 806. The second-order valence-electron chi connectivity index (χ2n) is 6.54. The molecule has 0 atom stereocenters. The fourth-order valence-corrected chi connectivity index (χ4v) is 3.42. The standard InChI is InChI=1S/C20H19NO3/c1-24-16-6-2-13(3-7-16)10-21-11-19-17(15-4-5-15)8-14(12-22)9-18(19)20(21)23/h2-3,6-9,12,15H,4-5,10-11H2,1H3. The highest BCUT2D eigenvalue weighted by Crippen LogP contribution is 2.44. The highest BCUT2D eigenvalue weighted by molar-refractivity contribution is 6.00. The van der Waals surface area contributed by atoms with Crippen molar-refractivity contribution in [3.63, 3.8) is 0 Å². The van der Waals surface area contributed by atoms with Crippen LogP contribution in [0.1, 0.15) is 56.2 Å². The van der Waals surface area contributed by atoms with Crippen LogP contribution < -0.4 is 4.74 Å². The summed E-state index contributed by atoms with van der Waals surface area (Å²) >= 11 is 0.